The predicted octanol–water partition coefficient (Wildman–Crippen LogP) is 2.83. The summed E-state index contributed by atoms with van der Waals surface area (Å²) in [5.41, 5.74) is 2.89. The Kier molecular flexibility index (Phi) is 4.81. The molecule has 2 saturated carbocycles. The molecule has 5 heteroatoms. The lowest BCUT2D eigenvalue weighted by atomic mass is 9.75. The number of aryl methyl sites for hydroxylation is 2. The molecule has 2 aliphatic heterocycles. The van der Waals surface area contributed by atoms with E-state index in [2.05, 4.69) is 39.6 Å². The third-order valence-electron chi connectivity index (χ3n) is 7.25. The van der Waals surface area contributed by atoms with Gasteiger partial charge in [-0.05, 0) is 75.8 Å². The molecule has 2 saturated heterocycles. The second-order valence-corrected chi connectivity index (χ2v) is 10.00. The van der Waals surface area contributed by atoms with E-state index in [1.165, 1.54) is 70.4 Å². The van der Waals surface area contributed by atoms with Crippen molar-refractivity contribution in [3.63, 3.8) is 0 Å². The minimum atomic E-state index is 0.419. The van der Waals surface area contributed by atoms with Crippen LogP contribution in [0.3, 0.4) is 0 Å². The summed E-state index contributed by atoms with van der Waals surface area (Å²) in [7, 11) is 2.07. The number of hydrogen-bond donors (Lipinski definition) is 0. The highest BCUT2D eigenvalue weighted by Crippen LogP contribution is 2.42. The van der Waals surface area contributed by atoms with Crippen LogP contribution >= 0.6 is 0 Å². The lowest BCUT2D eigenvalue weighted by molar-refractivity contribution is -0.107. The minimum Gasteiger partial charge on any atom is -0.381 e. The summed E-state index contributed by atoms with van der Waals surface area (Å²) in [6.45, 7) is 10.2. The second-order valence-electron chi connectivity index (χ2n) is 10.00. The zero-order valence-corrected chi connectivity index (χ0v) is 17.2. The second kappa shape index (κ2) is 7.16. The van der Waals surface area contributed by atoms with Crippen molar-refractivity contribution < 1.29 is 4.74 Å². The van der Waals surface area contributed by atoms with E-state index in [9.17, 15) is 0 Å². The van der Waals surface area contributed by atoms with Crippen molar-refractivity contribution in [1.29, 1.82) is 0 Å². The van der Waals surface area contributed by atoms with Gasteiger partial charge in [0.15, 0.2) is 0 Å². The summed E-state index contributed by atoms with van der Waals surface area (Å²) in [6, 6.07) is 2.24. The van der Waals surface area contributed by atoms with Crippen LogP contribution in [0.25, 0.3) is 0 Å². The smallest absolute Gasteiger partial charge is 0.0597 e. The molecule has 5 rings (SSSR count). The Bertz CT molecular complexity index is 657. The summed E-state index contributed by atoms with van der Waals surface area (Å²) in [5.74, 6) is 2.63. The normalized spacial score (nSPS) is 28.6. The van der Waals surface area contributed by atoms with Crippen LogP contribution in [-0.2, 0) is 18.3 Å². The third kappa shape index (κ3) is 4.10. The largest absolute Gasteiger partial charge is 0.381 e. The number of likely N-dealkylation sites (tertiary alicyclic amines) is 2. The van der Waals surface area contributed by atoms with E-state index in [4.69, 9.17) is 4.74 Å². The fraction of sp³-hybridized carbons (Fsp3) is 0.864. The quantitative estimate of drug-likeness (QED) is 0.703. The van der Waals surface area contributed by atoms with E-state index in [0.29, 0.717) is 5.54 Å². The fourth-order valence-electron chi connectivity index (χ4n) is 5.34. The van der Waals surface area contributed by atoms with Crippen LogP contribution in [0.1, 0.15) is 49.9 Å². The van der Waals surface area contributed by atoms with Gasteiger partial charge in [0.2, 0.25) is 0 Å². The first-order chi connectivity index (χ1) is 13.1. The van der Waals surface area contributed by atoms with E-state index >= 15 is 0 Å². The van der Waals surface area contributed by atoms with Crippen molar-refractivity contribution in [2.75, 3.05) is 39.4 Å². The van der Waals surface area contributed by atoms with Gasteiger partial charge in [0, 0.05) is 52.0 Å². The van der Waals surface area contributed by atoms with Gasteiger partial charge >= 0.3 is 0 Å². The Hall–Kier alpha value is -0.910. The number of hydrogen-bond acceptors (Lipinski definition) is 4. The standard InChI is InChI=1S/C22H36N4O/c1-17-9-21(24(2)23-17)12-25-15-22(16-25)10-20(14-27-13-19-5-6-19)7-8-26(22)11-18-3-4-18/h9,18-20H,3-8,10-16H2,1-2H3. The zero-order valence-electron chi connectivity index (χ0n) is 17.2. The highest BCUT2D eigenvalue weighted by Gasteiger charge is 2.51. The van der Waals surface area contributed by atoms with Gasteiger partial charge in [-0.2, -0.15) is 5.10 Å². The minimum absolute atomic E-state index is 0.419. The van der Waals surface area contributed by atoms with Gasteiger partial charge in [-0.25, -0.2) is 0 Å². The van der Waals surface area contributed by atoms with Crippen LogP contribution in [0.5, 0.6) is 0 Å². The van der Waals surface area contributed by atoms with Gasteiger partial charge in [0.05, 0.1) is 11.4 Å². The summed E-state index contributed by atoms with van der Waals surface area (Å²) in [4.78, 5) is 5.50. The van der Waals surface area contributed by atoms with Gasteiger partial charge in [0.25, 0.3) is 0 Å². The molecule has 1 aromatic rings. The van der Waals surface area contributed by atoms with E-state index in [1.807, 2.05) is 0 Å². The first kappa shape index (κ1) is 18.1. The SMILES string of the molecule is Cc1cc(CN2CC3(CC(COCC4CC4)CCN3CC3CC3)C2)n(C)n1. The van der Waals surface area contributed by atoms with Crippen LogP contribution in [0.2, 0.25) is 0 Å². The molecule has 3 heterocycles. The average molecular weight is 373 g/mol. The molecule has 0 aromatic carbocycles. The number of rotatable bonds is 8. The van der Waals surface area contributed by atoms with Crippen molar-refractivity contribution in [1.82, 2.24) is 19.6 Å². The van der Waals surface area contributed by atoms with E-state index in [0.717, 1.165) is 43.2 Å². The molecular weight excluding hydrogens is 336 g/mol. The van der Waals surface area contributed by atoms with E-state index in [1.54, 1.807) is 0 Å². The third-order valence-corrected chi connectivity index (χ3v) is 7.25. The van der Waals surface area contributed by atoms with E-state index < -0.39 is 0 Å². The Balaban J connectivity index is 1.19. The van der Waals surface area contributed by atoms with Crippen molar-refractivity contribution >= 4 is 0 Å². The summed E-state index contributed by atoms with van der Waals surface area (Å²) < 4.78 is 8.14. The Morgan fingerprint density at radius 1 is 1.07 bits per heavy atom. The lowest BCUT2D eigenvalue weighted by Crippen LogP contribution is -2.72. The monoisotopic (exact) mass is 372 g/mol. The average Bonchev–Trinajstić information content (AvgIpc) is 3.50. The van der Waals surface area contributed by atoms with Crippen molar-refractivity contribution in [3.05, 3.63) is 17.5 Å². The first-order valence-corrected chi connectivity index (χ1v) is 11.1. The molecule has 5 nitrogen and oxygen atoms in total. The first-order valence-electron chi connectivity index (χ1n) is 11.1. The predicted molar refractivity (Wildman–Crippen MR) is 107 cm³/mol. The van der Waals surface area contributed by atoms with E-state index in [-0.39, 0.29) is 0 Å². The van der Waals surface area contributed by atoms with Crippen LogP contribution in [0.15, 0.2) is 6.07 Å². The molecule has 0 bridgehead atoms. The van der Waals surface area contributed by atoms with Crippen molar-refractivity contribution in [2.45, 2.75) is 57.5 Å². The molecule has 2 aliphatic carbocycles. The molecule has 0 radical (unpaired) electrons. The molecule has 1 unspecified atom stereocenters. The maximum absolute atomic E-state index is 6.08. The summed E-state index contributed by atoms with van der Waals surface area (Å²) in [5, 5.41) is 4.52. The Morgan fingerprint density at radius 2 is 1.81 bits per heavy atom. The molecular formula is C22H36N4O. The van der Waals surface area contributed by atoms with Crippen LogP contribution in [-0.4, -0.2) is 64.5 Å². The number of piperidine rings is 1. The van der Waals surface area contributed by atoms with Crippen molar-refractivity contribution in [3.8, 4) is 0 Å². The van der Waals surface area contributed by atoms with Gasteiger partial charge < -0.3 is 4.74 Å². The molecule has 4 aliphatic rings. The molecule has 4 fully saturated rings. The number of aromatic nitrogens is 2. The van der Waals surface area contributed by atoms with Gasteiger partial charge in [0.1, 0.15) is 0 Å². The molecule has 1 spiro atoms. The zero-order chi connectivity index (χ0) is 18.4. The maximum Gasteiger partial charge on any atom is 0.0597 e. The lowest BCUT2D eigenvalue weighted by Gasteiger charge is -2.60. The molecule has 0 N–H and O–H groups in total. The summed E-state index contributed by atoms with van der Waals surface area (Å²) in [6.07, 6.45) is 8.38. The highest BCUT2D eigenvalue weighted by atomic mass is 16.5. The molecule has 0 amide bonds. The Labute approximate surface area is 164 Å². The van der Waals surface area contributed by atoms with Gasteiger partial charge in [-0.1, -0.05) is 0 Å². The van der Waals surface area contributed by atoms with Crippen LogP contribution in [0.4, 0.5) is 0 Å². The van der Waals surface area contributed by atoms with Crippen molar-refractivity contribution in [2.24, 2.45) is 24.8 Å². The highest BCUT2D eigenvalue weighted by molar-refractivity contribution is 5.13. The fourth-order valence-corrected chi connectivity index (χ4v) is 5.34. The summed E-state index contributed by atoms with van der Waals surface area (Å²) >= 11 is 0. The van der Waals surface area contributed by atoms with Gasteiger partial charge in [-0.3, -0.25) is 14.5 Å². The number of nitrogens with zero attached hydrogens (tertiary/aromatic N) is 4. The van der Waals surface area contributed by atoms with Gasteiger partial charge in [-0.15, -0.1) is 0 Å². The molecule has 27 heavy (non-hydrogen) atoms. The maximum atomic E-state index is 6.08. The number of ether oxygens (including phenoxy) is 1. The van der Waals surface area contributed by atoms with Crippen LogP contribution in [0, 0.1) is 24.7 Å². The molecule has 150 valence electrons. The Morgan fingerprint density at radius 3 is 2.48 bits per heavy atom. The molecule has 1 atom stereocenters. The topological polar surface area (TPSA) is 33.5 Å². The molecule has 1 aromatic heterocycles. The van der Waals surface area contributed by atoms with Crippen LogP contribution < -0.4 is 0 Å².